The van der Waals surface area contributed by atoms with Crippen LogP contribution in [0.4, 0.5) is 8.78 Å². The Labute approximate surface area is 220 Å². The average Bonchev–Trinajstić information content (AvgIpc) is 3.10. The molecule has 2 aromatic heterocycles. The lowest BCUT2D eigenvalue weighted by molar-refractivity contribution is -0.156. The van der Waals surface area contributed by atoms with Gasteiger partial charge in [-0.25, -0.2) is 13.8 Å². The second-order valence-electron chi connectivity index (χ2n) is 10.5. The van der Waals surface area contributed by atoms with Crippen molar-refractivity contribution in [3.63, 3.8) is 0 Å². The number of halogens is 3. The number of fused-ring (bicyclic) bond motifs is 1. The third-order valence-corrected chi connectivity index (χ3v) is 6.27. The molecular formula is C28H33ClF2N2O4. The molecule has 3 rings (SSSR count). The molecule has 37 heavy (non-hydrogen) atoms. The fourth-order valence-electron chi connectivity index (χ4n) is 4.16. The molecule has 0 radical (unpaired) electrons. The lowest BCUT2D eigenvalue weighted by atomic mass is 9.87. The van der Waals surface area contributed by atoms with Crippen LogP contribution in [0.15, 0.2) is 30.5 Å². The number of aromatic nitrogens is 2. The first kappa shape index (κ1) is 28.6. The number of benzene rings is 1. The summed E-state index contributed by atoms with van der Waals surface area (Å²) in [7, 11) is 0. The quantitative estimate of drug-likeness (QED) is 0.204. The predicted octanol–water partition coefficient (Wildman–Crippen LogP) is 7.12. The van der Waals surface area contributed by atoms with E-state index in [4.69, 9.17) is 21.1 Å². The van der Waals surface area contributed by atoms with E-state index in [0.29, 0.717) is 23.5 Å². The highest BCUT2D eigenvalue weighted by Crippen LogP contribution is 2.30. The van der Waals surface area contributed by atoms with Gasteiger partial charge in [0, 0.05) is 25.1 Å². The Morgan fingerprint density at radius 3 is 2.41 bits per heavy atom. The van der Waals surface area contributed by atoms with Gasteiger partial charge in [-0.15, -0.1) is 0 Å². The Morgan fingerprint density at radius 2 is 1.81 bits per heavy atom. The zero-order chi connectivity index (χ0) is 27.5. The number of hydrogen-bond acceptors (Lipinski definition) is 5. The van der Waals surface area contributed by atoms with Gasteiger partial charge >= 0.3 is 5.97 Å². The summed E-state index contributed by atoms with van der Waals surface area (Å²) in [6, 6.07) is 5.07. The van der Waals surface area contributed by atoms with Crippen molar-refractivity contribution in [3.05, 3.63) is 64.1 Å². The molecule has 0 spiro atoms. The number of hydrogen-bond donors (Lipinski definition) is 0. The van der Waals surface area contributed by atoms with Gasteiger partial charge in [-0.3, -0.25) is 14.0 Å². The Bertz CT molecular complexity index is 1280. The molecule has 3 aromatic rings. The highest BCUT2D eigenvalue weighted by Gasteiger charge is 2.25. The molecule has 200 valence electrons. The number of carbonyl (C=O) groups is 2. The van der Waals surface area contributed by atoms with Gasteiger partial charge in [0.25, 0.3) is 0 Å². The van der Waals surface area contributed by atoms with Gasteiger partial charge in [0.1, 0.15) is 29.5 Å². The van der Waals surface area contributed by atoms with E-state index >= 15 is 0 Å². The Hall–Kier alpha value is -3.00. The fraction of sp³-hybridized carbons (Fsp3) is 0.464. The molecule has 0 amide bonds. The molecule has 9 heteroatoms. The molecule has 0 N–H and O–H groups in total. The highest BCUT2D eigenvalue weighted by molar-refractivity contribution is 6.30. The van der Waals surface area contributed by atoms with Gasteiger partial charge < -0.3 is 9.47 Å². The van der Waals surface area contributed by atoms with Crippen LogP contribution >= 0.6 is 11.6 Å². The van der Waals surface area contributed by atoms with Gasteiger partial charge in [-0.05, 0) is 58.1 Å². The number of aryl methyl sites for hydroxylation is 1. The van der Waals surface area contributed by atoms with Crippen molar-refractivity contribution in [2.24, 2.45) is 11.8 Å². The molecule has 1 aromatic carbocycles. The Morgan fingerprint density at radius 1 is 1.16 bits per heavy atom. The van der Waals surface area contributed by atoms with E-state index in [2.05, 4.69) is 4.98 Å². The molecule has 0 aliphatic carbocycles. The number of nitrogens with zero attached hydrogens (tertiary/aromatic N) is 2. The number of ether oxygens (including phenoxy) is 2. The zero-order valence-electron chi connectivity index (χ0n) is 22.0. The zero-order valence-corrected chi connectivity index (χ0v) is 22.8. The summed E-state index contributed by atoms with van der Waals surface area (Å²) < 4.78 is 40.8. The van der Waals surface area contributed by atoms with Gasteiger partial charge in [0.15, 0.2) is 17.2 Å². The number of ketones is 1. The van der Waals surface area contributed by atoms with E-state index in [1.807, 2.05) is 34.6 Å². The second kappa shape index (κ2) is 11.6. The van der Waals surface area contributed by atoms with E-state index in [1.54, 1.807) is 17.5 Å². The molecule has 0 aliphatic heterocycles. The third kappa shape index (κ3) is 7.28. The van der Waals surface area contributed by atoms with Crippen molar-refractivity contribution < 1.29 is 27.8 Å². The summed E-state index contributed by atoms with van der Waals surface area (Å²) in [4.78, 5) is 30.2. The fourth-order valence-corrected chi connectivity index (χ4v) is 4.36. The molecule has 2 heterocycles. The first-order chi connectivity index (χ1) is 17.3. The van der Waals surface area contributed by atoms with Crippen molar-refractivity contribution in [1.29, 1.82) is 0 Å². The first-order valence-corrected chi connectivity index (χ1v) is 12.6. The van der Waals surface area contributed by atoms with Crippen LogP contribution < -0.4 is 4.74 Å². The van der Waals surface area contributed by atoms with Crippen LogP contribution in [0.5, 0.6) is 5.75 Å². The van der Waals surface area contributed by atoms with Crippen molar-refractivity contribution in [2.75, 3.05) is 0 Å². The van der Waals surface area contributed by atoms with Crippen molar-refractivity contribution >= 4 is 29.0 Å². The highest BCUT2D eigenvalue weighted by atomic mass is 35.5. The van der Waals surface area contributed by atoms with E-state index < -0.39 is 17.2 Å². The molecule has 0 saturated heterocycles. The molecule has 1 atom stereocenters. The summed E-state index contributed by atoms with van der Waals surface area (Å²) in [6.45, 7) is 10.8. The third-order valence-electron chi connectivity index (χ3n) is 6.06. The number of rotatable bonds is 10. The van der Waals surface area contributed by atoms with E-state index in [1.165, 1.54) is 12.1 Å². The maximum atomic E-state index is 14.0. The maximum Gasteiger partial charge on any atom is 0.306 e. The van der Waals surface area contributed by atoms with Crippen LogP contribution in [-0.2, 0) is 16.1 Å². The Balaban J connectivity index is 1.80. The normalized spacial score (nSPS) is 12.7. The molecule has 0 fully saturated rings. The number of carbonyl (C=O) groups excluding carboxylic acids is 2. The van der Waals surface area contributed by atoms with Gasteiger partial charge in [0.05, 0.1) is 16.3 Å². The second-order valence-corrected chi connectivity index (χ2v) is 10.9. The standard InChI is InChI=1S/C28H33ClF2N2O4/c1-16(2)18(12-25(35)37-28(4,5)6)10-11-23(34)26-17(3)32-27-24(13-19(29)14-33(26)27)36-15-20-21(30)8-7-9-22(20)31/h7-9,13-14,16,18H,10-12,15H2,1-6H3. The van der Waals surface area contributed by atoms with E-state index in [9.17, 15) is 18.4 Å². The summed E-state index contributed by atoms with van der Waals surface area (Å²) >= 11 is 6.29. The van der Waals surface area contributed by atoms with Crippen LogP contribution in [0.1, 0.15) is 75.6 Å². The van der Waals surface area contributed by atoms with Gasteiger partial charge in [0.2, 0.25) is 0 Å². The Kier molecular flexibility index (Phi) is 8.95. The lowest BCUT2D eigenvalue weighted by Crippen LogP contribution is -2.26. The summed E-state index contributed by atoms with van der Waals surface area (Å²) in [5.74, 6) is -1.55. The number of esters is 1. The van der Waals surface area contributed by atoms with Gasteiger partial charge in [-0.2, -0.15) is 0 Å². The van der Waals surface area contributed by atoms with Crippen LogP contribution in [0.2, 0.25) is 5.02 Å². The minimum absolute atomic E-state index is 0.0311. The topological polar surface area (TPSA) is 69.9 Å². The molecule has 0 bridgehead atoms. The number of pyridine rings is 1. The van der Waals surface area contributed by atoms with E-state index in [-0.39, 0.29) is 59.4 Å². The smallest absolute Gasteiger partial charge is 0.306 e. The molecule has 6 nitrogen and oxygen atoms in total. The maximum absolute atomic E-state index is 14.0. The monoisotopic (exact) mass is 534 g/mol. The molecular weight excluding hydrogens is 502 g/mol. The number of imidazole rings is 1. The van der Waals surface area contributed by atoms with Crippen molar-refractivity contribution in [3.8, 4) is 5.75 Å². The van der Waals surface area contributed by atoms with Crippen LogP contribution in [0.3, 0.4) is 0 Å². The summed E-state index contributed by atoms with van der Waals surface area (Å²) in [6.07, 6.45) is 2.48. The van der Waals surface area contributed by atoms with Crippen molar-refractivity contribution in [1.82, 2.24) is 9.38 Å². The first-order valence-electron chi connectivity index (χ1n) is 12.3. The van der Waals surface area contributed by atoms with E-state index in [0.717, 1.165) is 12.1 Å². The largest absolute Gasteiger partial charge is 0.485 e. The van der Waals surface area contributed by atoms with Crippen LogP contribution in [0, 0.1) is 30.4 Å². The molecule has 0 aliphatic rings. The summed E-state index contributed by atoms with van der Waals surface area (Å²) in [5, 5.41) is 0.271. The van der Waals surface area contributed by atoms with Crippen molar-refractivity contribution in [2.45, 2.75) is 73.0 Å². The lowest BCUT2D eigenvalue weighted by Gasteiger charge is -2.24. The average molecular weight is 535 g/mol. The molecule has 1 unspecified atom stereocenters. The minimum atomic E-state index is -0.723. The predicted molar refractivity (Wildman–Crippen MR) is 138 cm³/mol. The van der Waals surface area contributed by atoms with Crippen LogP contribution in [-0.4, -0.2) is 26.7 Å². The molecule has 0 saturated carbocycles. The minimum Gasteiger partial charge on any atom is -0.485 e. The summed E-state index contributed by atoms with van der Waals surface area (Å²) in [5.41, 5.74) is 0.349. The van der Waals surface area contributed by atoms with Crippen LogP contribution in [0.25, 0.3) is 5.65 Å². The SMILES string of the molecule is Cc1nc2c(OCc3c(F)cccc3F)cc(Cl)cn2c1C(=O)CCC(CC(=O)OC(C)(C)C)C(C)C. The number of Topliss-reactive ketones (excluding diaryl/α,β-unsaturated/α-hetero) is 1. The van der Waals surface area contributed by atoms with Gasteiger partial charge in [-0.1, -0.05) is 31.5 Å².